The van der Waals surface area contributed by atoms with E-state index in [2.05, 4.69) is 10.6 Å². The van der Waals surface area contributed by atoms with Crippen molar-refractivity contribution >= 4 is 46.5 Å². The zero-order chi connectivity index (χ0) is 26.5. The van der Waals surface area contributed by atoms with E-state index in [0.29, 0.717) is 33.3 Å². The van der Waals surface area contributed by atoms with Crippen molar-refractivity contribution in [3.63, 3.8) is 0 Å². The third-order valence-electron chi connectivity index (χ3n) is 5.74. The largest absolute Gasteiger partial charge is 0.497 e. The van der Waals surface area contributed by atoms with Crippen LogP contribution in [-0.4, -0.2) is 24.8 Å². The van der Waals surface area contributed by atoms with Crippen LogP contribution >= 0.6 is 11.8 Å². The molecule has 1 heterocycles. The standard InChI is InChI=1S/C30H23N3O4S/c1-37-24-16-8-10-20(18-24)28(34)32-22-13-9-17-25(19-22)38-27-26(31-21-11-4-2-5-12-21)29(35)33(30(27)36)23-14-6-3-7-15-23/h2-19,31H,1H3,(H,32,34). The molecular formula is C30H23N3O4S. The number of carbonyl (C=O) groups is 3. The van der Waals surface area contributed by atoms with E-state index in [-0.39, 0.29) is 16.5 Å². The fourth-order valence-electron chi connectivity index (χ4n) is 3.91. The first kappa shape index (κ1) is 24.9. The van der Waals surface area contributed by atoms with Crippen molar-refractivity contribution in [2.45, 2.75) is 4.90 Å². The van der Waals surface area contributed by atoms with E-state index in [1.54, 1.807) is 73.8 Å². The van der Waals surface area contributed by atoms with E-state index >= 15 is 0 Å². The molecule has 0 saturated carbocycles. The summed E-state index contributed by atoms with van der Waals surface area (Å²) in [5, 5.41) is 6.01. The number of hydrogen-bond acceptors (Lipinski definition) is 6. The maximum Gasteiger partial charge on any atom is 0.283 e. The van der Waals surface area contributed by atoms with E-state index < -0.39 is 11.8 Å². The molecule has 1 aliphatic heterocycles. The van der Waals surface area contributed by atoms with Gasteiger partial charge in [0.15, 0.2) is 0 Å². The molecule has 0 atom stereocenters. The molecule has 5 rings (SSSR count). The lowest BCUT2D eigenvalue weighted by Crippen LogP contribution is -2.32. The van der Waals surface area contributed by atoms with Gasteiger partial charge < -0.3 is 15.4 Å². The third kappa shape index (κ3) is 5.30. The highest BCUT2D eigenvalue weighted by Gasteiger charge is 2.40. The molecule has 1 aliphatic rings. The highest BCUT2D eigenvalue weighted by atomic mass is 32.2. The molecule has 0 aliphatic carbocycles. The molecule has 0 radical (unpaired) electrons. The van der Waals surface area contributed by atoms with E-state index in [4.69, 9.17) is 4.74 Å². The van der Waals surface area contributed by atoms with Crippen molar-refractivity contribution in [2.75, 3.05) is 22.6 Å². The Kier molecular flexibility index (Phi) is 7.24. The van der Waals surface area contributed by atoms with Gasteiger partial charge in [-0.15, -0.1) is 0 Å². The van der Waals surface area contributed by atoms with Crippen LogP contribution in [0.25, 0.3) is 0 Å². The summed E-state index contributed by atoms with van der Waals surface area (Å²) in [4.78, 5) is 41.9. The molecule has 0 bridgehead atoms. The van der Waals surface area contributed by atoms with Gasteiger partial charge in [-0.2, -0.15) is 0 Å². The maximum absolute atomic E-state index is 13.5. The summed E-state index contributed by atoms with van der Waals surface area (Å²) >= 11 is 1.17. The van der Waals surface area contributed by atoms with E-state index in [9.17, 15) is 14.4 Å². The molecule has 4 aromatic rings. The Morgan fingerprint density at radius 3 is 2.18 bits per heavy atom. The van der Waals surface area contributed by atoms with Crippen molar-refractivity contribution in [1.29, 1.82) is 0 Å². The van der Waals surface area contributed by atoms with Crippen molar-refractivity contribution in [3.8, 4) is 5.75 Å². The normalized spacial score (nSPS) is 13.0. The maximum atomic E-state index is 13.5. The lowest BCUT2D eigenvalue weighted by atomic mass is 10.2. The number of thioether (sulfide) groups is 1. The molecule has 0 aromatic heterocycles. The minimum Gasteiger partial charge on any atom is -0.497 e. The lowest BCUT2D eigenvalue weighted by molar-refractivity contribution is -0.120. The first-order valence-corrected chi connectivity index (χ1v) is 12.6. The molecular weight excluding hydrogens is 498 g/mol. The number of anilines is 3. The summed E-state index contributed by atoms with van der Waals surface area (Å²) in [5.41, 5.74) is 2.38. The predicted octanol–water partition coefficient (Wildman–Crippen LogP) is 5.94. The van der Waals surface area contributed by atoms with Crippen LogP contribution in [0.4, 0.5) is 17.1 Å². The average molecular weight is 522 g/mol. The summed E-state index contributed by atoms with van der Waals surface area (Å²) < 4.78 is 5.20. The van der Waals surface area contributed by atoms with Crippen molar-refractivity contribution in [2.24, 2.45) is 0 Å². The smallest absolute Gasteiger partial charge is 0.283 e. The Balaban J connectivity index is 1.43. The predicted molar refractivity (Wildman–Crippen MR) is 149 cm³/mol. The van der Waals surface area contributed by atoms with Crippen LogP contribution in [0.5, 0.6) is 5.75 Å². The number of nitrogens with one attached hydrogen (secondary N) is 2. The number of rotatable bonds is 8. The van der Waals surface area contributed by atoms with Gasteiger partial charge in [-0.1, -0.05) is 60.3 Å². The average Bonchev–Trinajstić information content (AvgIpc) is 3.18. The Hall–Kier alpha value is -4.82. The summed E-state index contributed by atoms with van der Waals surface area (Å²) in [6.45, 7) is 0. The Bertz CT molecular complexity index is 1540. The molecule has 0 saturated heterocycles. The highest BCUT2D eigenvalue weighted by molar-refractivity contribution is 8.04. The second kappa shape index (κ2) is 11.1. The molecule has 0 fully saturated rings. The third-order valence-corrected chi connectivity index (χ3v) is 6.82. The zero-order valence-corrected chi connectivity index (χ0v) is 21.2. The first-order chi connectivity index (χ1) is 18.5. The van der Waals surface area contributed by atoms with Gasteiger partial charge in [0.1, 0.15) is 16.4 Å². The molecule has 7 nitrogen and oxygen atoms in total. The molecule has 0 unspecified atom stereocenters. The van der Waals surface area contributed by atoms with Gasteiger partial charge in [0, 0.05) is 21.8 Å². The molecule has 8 heteroatoms. The molecule has 4 aromatic carbocycles. The zero-order valence-electron chi connectivity index (χ0n) is 20.4. The fourth-order valence-corrected chi connectivity index (χ4v) is 4.90. The molecule has 3 amide bonds. The van der Waals surface area contributed by atoms with Gasteiger partial charge in [-0.05, 0) is 60.7 Å². The summed E-state index contributed by atoms with van der Waals surface area (Å²) in [7, 11) is 1.54. The van der Waals surface area contributed by atoms with Crippen LogP contribution in [0.3, 0.4) is 0 Å². The lowest BCUT2D eigenvalue weighted by Gasteiger charge is -2.15. The molecule has 2 N–H and O–H groups in total. The minimum atomic E-state index is -0.435. The van der Waals surface area contributed by atoms with Crippen LogP contribution < -0.4 is 20.3 Å². The van der Waals surface area contributed by atoms with Crippen LogP contribution in [-0.2, 0) is 9.59 Å². The van der Waals surface area contributed by atoms with Crippen molar-refractivity contribution in [1.82, 2.24) is 0 Å². The minimum absolute atomic E-state index is 0.195. The van der Waals surface area contributed by atoms with Crippen molar-refractivity contribution in [3.05, 3.63) is 125 Å². The number of carbonyl (C=O) groups excluding carboxylic acids is 3. The van der Waals surface area contributed by atoms with Gasteiger partial charge in [-0.3, -0.25) is 14.4 Å². The topological polar surface area (TPSA) is 87.7 Å². The number of hydrogen-bond donors (Lipinski definition) is 2. The first-order valence-electron chi connectivity index (χ1n) is 11.8. The van der Waals surface area contributed by atoms with E-state index in [1.807, 2.05) is 42.5 Å². The number of ether oxygens (including phenoxy) is 1. The number of nitrogens with zero attached hydrogens (tertiary/aromatic N) is 1. The summed E-state index contributed by atoms with van der Waals surface area (Å²) in [6, 6.07) is 32.0. The van der Waals surface area contributed by atoms with Gasteiger partial charge in [0.2, 0.25) is 0 Å². The molecule has 0 spiro atoms. The number of benzene rings is 4. The second-order valence-electron chi connectivity index (χ2n) is 8.29. The van der Waals surface area contributed by atoms with Gasteiger partial charge in [-0.25, -0.2) is 4.90 Å². The van der Waals surface area contributed by atoms with E-state index in [1.165, 1.54) is 16.7 Å². The molecule has 38 heavy (non-hydrogen) atoms. The highest BCUT2D eigenvalue weighted by Crippen LogP contribution is 2.38. The van der Waals surface area contributed by atoms with Crippen LogP contribution in [0.2, 0.25) is 0 Å². The fraction of sp³-hybridized carbons (Fsp3) is 0.0333. The second-order valence-corrected chi connectivity index (χ2v) is 9.38. The van der Waals surface area contributed by atoms with Gasteiger partial charge >= 0.3 is 0 Å². The quantitative estimate of drug-likeness (QED) is 0.279. The van der Waals surface area contributed by atoms with Crippen LogP contribution in [0, 0.1) is 0 Å². The Labute approximate surface area is 224 Å². The van der Waals surface area contributed by atoms with Crippen LogP contribution in [0.1, 0.15) is 10.4 Å². The summed E-state index contributed by atoms with van der Waals surface area (Å²) in [6.07, 6.45) is 0. The number of amides is 3. The van der Waals surface area contributed by atoms with Gasteiger partial charge in [0.05, 0.1) is 12.8 Å². The van der Waals surface area contributed by atoms with Crippen LogP contribution in [0.15, 0.2) is 125 Å². The molecule has 188 valence electrons. The number of methoxy groups -OCH3 is 1. The monoisotopic (exact) mass is 521 g/mol. The number of para-hydroxylation sites is 2. The Morgan fingerprint density at radius 2 is 1.45 bits per heavy atom. The Morgan fingerprint density at radius 1 is 0.763 bits per heavy atom. The van der Waals surface area contributed by atoms with Crippen molar-refractivity contribution < 1.29 is 19.1 Å². The van der Waals surface area contributed by atoms with E-state index in [0.717, 1.165) is 0 Å². The SMILES string of the molecule is COc1cccc(C(=O)Nc2cccc(SC3=C(Nc4ccccc4)C(=O)N(c4ccccc4)C3=O)c2)c1. The summed E-state index contributed by atoms with van der Waals surface area (Å²) in [5.74, 6) is -0.565. The van der Waals surface area contributed by atoms with Gasteiger partial charge in [0.25, 0.3) is 17.7 Å². The number of imide groups is 1.